The Kier molecular flexibility index (Phi) is 4.11. The van der Waals surface area contributed by atoms with E-state index in [1.807, 2.05) is 18.2 Å². The van der Waals surface area contributed by atoms with Gasteiger partial charge in [0.15, 0.2) is 0 Å². The van der Waals surface area contributed by atoms with Gasteiger partial charge >= 0.3 is 5.97 Å². The molecule has 0 spiro atoms. The van der Waals surface area contributed by atoms with Gasteiger partial charge in [0.25, 0.3) is 0 Å². The summed E-state index contributed by atoms with van der Waals surface area (Å²) in [7, 11) is 0. The fourth-order valence-electron chi connectivity index (χ4n) is 1.49. The van der Waals surface area contributed by atoms with Gasteiger partial charge in [-0.2, -0.15) is 0 Å². The van der Waals surface area contributed by atoms with Crippen molar-refractivity contribution in [3.05, 3.63) is 43.0 Å². The average Bonchev–Trinajstić information content (AvgIpc) is 2.29. The molecule has 86 valence electrons. The molecule has 1 aromatic carbocycles. The molecule has 0 aromatic heterocycles. The van der Waals surface area contributed by atoms with Crippen molar-refractivity contribution in [1.29, 1.82) is 0 Å². The Balaban J connectivity index is 2.94. The molecule has 16 heavy (non-hydrogen) atoms. The molecule has 0 amide bonds. The van der Waals surface area contributed by atoms with E-state index in [4.69, 9.17) is 4.74 Å². The second-order valence-electron chi connectivity index (χ2n) is 3.56. The van der Waals surface area contributed by atoms with E-state index in [-0.39, 0.29) is 6.42 Å². The average molecular weight is 220 g/mol. The van der Waals surface area contributed by atoms with E-state index in [1.165, 1.54) is 0 Å². The maximum absolute atomic E-state index is 11.3. The quantitative estimate of drug-likeness (QED) is 0.750. The normalized spacial score (nSPS) is 13.8. The van der Waals surface area contributed by atoms with Crippen LogP contribution in [0.3, 0.4) is 0 Å². The number of carbonyl (C=O) groups is 1. The fraction of sp³-hybridized carbons (Fsp3) is 0.308. The fourth-order valence-corrected chi connectivity index (χ4v) is 1.49. The zero-order chi connectivity index (χ0) is 12.0. The maximum Gasteiger partial charge on any atom is 0.348 e. The van der Waals surface area contributed by atoms with Gasteiger partial charge in [-0.3, -0.25) is 0 Å². The molecule has 3 nitrogen and oxygen atoms in total. The molecule has 1 N–H and O–H groups in total. The zero-order valence-corrected chi connectivity index (χ0v) is 9.35. The third-order valence-electron chi connectivity index (χ3n) is 2.49. The first-order valence-electron chi connectivity index (χ1n) is 5.23. The van der Waals surface area contributed by atoms with Gasteiger partial charge < -0.3 is 9.84 Å². The van der Waals surface area contributed by atoms with Crippen LogP contribution in [0.4, 0.5) is 0 Å². The Bertz CT molecular complexity index is 359. The summed E-state index contributed by atoms with van der Waals surface area (Å²) in [6.07, 6.45) is 2.25. The number of hydrogen-bond donors (Lipinski definition) is 1. The van der Waals surface area contributed by atoms with E-state index in [0.717, 1.165) is 0 Å². The first-order chi connectivity index (χ1) is 7.64. The third kappa shape index (κ3) is 2.63. The van der Waals surface area contributed by atoms with Crippen molar-refractivity contribution < 1.29 is 14.6 Å². The summed E-state index contributed by atoms with van der Waals surface area (Å²) >= 11 is 0. The highest BCUT2D eigenvalue weighted by molar-refractivity contribution is 5.78. The number of para-hydroxylation sites is 1. The molecule has 0 aliphatic rings. The molecule has 1 aromatic rings. The lowest BCUT2D eigenvalue weighted by molar-refractivity contribution is -0.155. The zero-order valence-electron chi connectivity index (χ0n) is 9.35. The number of hydrogen-bond acceptors (Lipinski definition) is 2. The van der Waals surface area contributed by atoms with Crippen LogP contribution < -0.4 is 4.74 Å². The number of aliphatic carboxylic acids is 1. The van der Waals surface area contributed by atoms with Gasteiger partial charge in [0, 0.05) is 6.42 Å². The molecule has 0 aliphatic carbocycles. The van der Waals surface area contributed by atoms with Gasteiger partial charge in [0.2, 0.25) is 5.60 Å². The molecule has 0 saturated heterocycles. The van der Waals surface area contributed by atoms with Crippen LogP contribution >= 0.6 is 0 Å². The van der Waals surface area contributed by atoms with Gasteiger partial charge in [-0.1, -0.05) is 31.2 Å². The third-order valence-corrected chi connectivity index (χ3v) is 2.49. The van der Waals surface area contributed by atoms with Crippen molar-refractivity contribution >= 4 is 5.97 Å². The first kappa shape index (κ1) is 12.3. The van der Waals surface area contributed by atoms with Gasteiger partial charge in [0.1, 0.15) is 5.75 Å². The van der Waals surface area contributed by atoms with Crippen molar-refractivity contribution in [2.75, 3.05) is 0 Å². The summed E-state index contributed by atoms with van der Waals surface area (Å²) in [6, 6.07) is 8.97. The van der Waals surface area contributed by atoms with Crippen LogP contribution in [-0.4, -0.2) is 16.7 Å². The number of benzene rings is 1. The molecule has 3 heteroatoms. The van der Waals surface area contributed by atoms with Crippen molar-refractivity contribution in [3.63, 3.8) is 0 Å². The summed E-state index contributed by atoms with van der Waals surface area (Å²) in [5, 5.41) is 9.24. The second kappa shape index (κ2) is 5.35. The maximum atomic E-state index is 11.3. The number of ether oxygens (including phenoxy) is 1. The molecule has 0 heterocycles. The smallest absolute Gasteiger partial charge is 0.348 e. The van der Waals surface area contributed by atoms with Crippen LogP contribution in [-0.2, 0) is 4.79 Å². The summed E-state index contributed by atoms with van der Waals surface area (Å²) in [4.78, 5) is 11.3. The lowest BCUT2D eigenvalue weighted by Gasteiger charge is -2.28. The molecule has 0 saturated carbocycles. The van der Waals surface area contributed by atoms with Crippen molar-refractivity contribution in [1.82, 2.24) is 0 Å². The van der Waals surface area contributed by atoms with Gasteiger partial charge in [0.05, 0.1) is 0 Å². The Hall–Kier alpha value is -1.77. The van der Waals surface area contributed by atoms with Gasteiger partial charge in [-0.15, -0.1) is 6.58 Å². The number of rotatable bonds is 6. The Labute approximate surface area is 95.4 Å². The molecule has 0 aliphatic heterocycles. The lowest BCUT2D eigenvalue weighted by Crippen LogP contribution is -2.43. The number of carboxylic acid groups (broad SMARTS) is 1. The minimum atomic E-state index is -1.21. The van der Waals surface area contributed by atoms with Crippen LogP contribution in [0.2, 0.25) is 0 Å². The molecular formula is C13H16O3. The highest BCUT2D eigenvalue weighted by Gasteiger charge is 2.37. The van der Waals surface area contributed by atoms with Crippen molar-refractivity contribution in [2.24, 2.45) is 0 Å². The second-order valence-corrected chi connectivity index (χ2v) is 3.56. The van der Waals surface area contributed by atoms with Crippen molar-refractivity contribution in [2.45, 2.75) is 25.4 Å². The van der Waals surface area contributed by atoms with E-state index in [0.29, 0.717) is 12.2 Å². The van der Waals surface area contributed by atoms with Crippen LogP contribution in [0.15, 0.2) is 43.0 Å². The van der Waals surface area contributed by atoms with Crippen LogP contribution in [0.25, 0.3) is 0 Å². The minimum Gasteiger partial charge on any atom is -0.478 e. The monoisotopic (exact) mass is 220 g/mol. The predicted molar refractivity (Wildman–Crippen MR) is 62.5 cm³/mol. The number of carboxylic acids is 1. The van der Waals surface area contributed by atoms with E-state index in [2.05, 4.69) is 6.58 Å². The Morgan fingerprint density at radius 2 is 2.12 bits per heavy atom. The molecule has 0 bridgehead atoms. The van der Waals surface area contributed by atoms with Crippen LogP contribution in [0.5, 0.6) is 5.75 Å². The van der Waals surface area contributed by atoms with Crippen LogP contribution in [0.1, 0.15) is 19.8 Å². The van der Waals surface area contributed by atoms with E-state index in [1.54, 1.807) is 25.1 Å². The summed E-state index contributed by atoms with van der Waals surface area (Å²) in [5.41, 5.74) is -1.21. The molecule has 0 fully saturated rings. The molecule has 1 unspecified atom stereocenters. The Morgan fingerprint density at radius 1 is 1.50 bits per heavy atom. The summed E-state index contributed by atoms with van der Waals surface area (Å²) in [5.74, 6) is -0.396. The largest absolute Gasteiger partial charge is 0.478 e. The SMILES string of the molecule is C=CCC(CC)(Oc1ccccc1)C(=O)O. The molecule has 1 atom stereocenters. The van der Waals surface area contributed by atoms with Crippen molar-refractivity contribution in [3.8, 4) is 5.75 Å². The van der Waals surface area contributed by atoms with E-state index < -0.39 is 11.6 Å². The standard InChI is InChI=1S/C13H16O3/c1-3-10-13(4-2,12(14)15)16-11-8-6-5-7-9-11/h3,5-9H,1,4,10H2,2H3,(H,14,15). The summed E-state index contributed by atoms with van der Waals surface area (Å²) in [6.45, 7) is 5.37. The van der Waals surface area contributed by atoms with E-state index in [9.17, 15) is 9.90 Å². The molecule has 1 rings (SSSR count). The van der Waals surface area contributed by atoms with Gasteiger partial charge in [-0.05, 0) is 18.6 Å². The Morgan fingerprint density at radius 3 is 2.56 bits per heavy atom. The molecular weight excluding hydrogens is 204 g/mol. The first-order valence-corrected chi connectivity index (χ1v) is 5.23. The summed E-state index contributed by atoms with van der Waals surface area (Å²) < 4.78 is 5.58. The van der Waals surface area contributed by atoms with Crippen LogP contribution in [0, 0.1) is 0 Å². The highest BCUT2D eigenvalue weighted by Crippen LogP contribution is 2.25. The van der Waals surface area contributed by atoms with E-state index >= 15 is 0 Å². The topological polar surface area (TPSA) is 46.5 Å². The minimum absolute atomic E-state index is 0.285. The lowest BCUT2D eigenvalue weighted by atomic mass is 9.96. The highest BCUT2D eigenvalue weighted by atomic mass is 16.5. The molecule has 0 radical (unpaired) electrons. The van der Waals surface area contributed by atoms with Gasteiger partial charge in [-0.25, -0.2) is 4.79 Å². The predicted octanol–water partition coefficient (Wildman–Crippen LogP) is 2.87.